The number of benzene rings is 5. The first kappa shape index (κ1) is 33.9. The molecule has 0 aliphatic heterocycles. The van der Waals surface area contributed by atoms with Crippen LogP contribution in [0.2, 0.25) is 0 Å². The van der Waals surface area contributed by atoms with Crippen molar-refractivity contribution in [2.24, 2.45) is 0 Å². The van der Waals surface area contributed by atoms with Crippen LogP contribution in [0.25, 0.3) is 32.8 Å². The van der Waals surface area contributed by atoms with Crippen molar-refractivity contribution in [3.05, 3.63) is 137 Å². The fourth-order valence-corrected chi connectivity index (χ4v) is 7.25. The number of ether oxygens (including phenoxy) is 1. The van der Waals surface area contributed by atoms with Gasteiger partial charge in [-0.25, -0.2) is 4.98 Å². The Morgan fingerprint density at radius 3 is 2.06 bits per heavy atom. The zero-order chi connectivity index (χ0) is 36.2. The second kappa shape index (κ2) is 12.6. The summed E-state index contributed by atoms with van der Waals surface area (Å²) >= 11 is 0. The minimum absolute atomic E-state index is 0.124. The van der Waals surface area contributed by atoms with E-state index in [1.807, 2.05) is 91.0 Å². The molecule has 2 N–H and O–H groups in total. The summed E-state index contributed by atoms with van der Waals surface area (Å²) in [5.74, 6) is -1.37. The molecule has 1 aromatic heterocycles. The third-order valence-corrected chi connectivity index (χ3v) is 9.86. The van der Waals surface area contributed by atoms with Crippen LogP contribution in [-0.2, 0) is 22.0 Å². The Kier molecular flexibility index (Phi) is 8.37. The summed E-state index contributed by atoms with van der Waals surface area (Å²) in [6.45, 7) is 12.4. The number of fused-ring (bicyclic) bond motifs is 3. The molecule has 0 saturated heterocycles. The van der Waals surface area contributed by atoms with E-state index in [0.29, 0.717) is 40.3 Å². The molecule has 0 saturated carbocycles. The van der Waals surface area contributed by atoms with Gasteiger partial charge in [0.25, 0.3) is 5.52 Å². The van der Waals surface area contributed by atoms with Gasteiger partial charge < -0.3 is 9.84 Å². The highest BCUT2D eigenvalue weighted by Gasteiger charge is 2.45. The molecule has 6 aromatic rings. The number of aryl methyl sites for hydroxylation is 1. The number of H-pyrrole nitrogens is 1. The standard InChI is InChI=1S/C45H41NO5/c1-44(2,3)32-23-26(24-33(42(32)49)45(4,5)6)19-22-36(47)51-35-18-12-16-28-20-21-34(46-40(28)35)39-41(48)31-25-29-15-10-11-17-30(29)37(38(31)43(39)50)27-13-8-7-9-14-27/h7-18,20-21,23-25,39,49H,19,22H2,1-6H3/p+1. The largest absolute Gasteiger partial charge is 0.507 e. The summed E-state index contributed by atoms with van der Waals surface area (Å²) in [6, 6.07) is 32.3. The number of aromatic amines is 1. The monoisotopic (exact) mass is 676 g/mol. The van der Waals surface area contributed by atoms with E-state index in [-0.39, 0.29) is 28.8 Å². The lowest BCUT2D eigenvalue weighted by atomic mass is 9.78. The van der Waals surface area contributed by atoms with Crippen LogP contribution in [0, 0.1) is 0 Å². The van der Waals surface area contributed by atoms with Crippen molar-refractivity contribution in [3.63, 3.8) is 0 Å². The van der Waals surface area contributed by atoms with E-state index in [9.17, 15) is 19.5 Å². The lowest BCUT2D eigenvalue weighted by Crippen LogP contribution is -2.24. The Labute approximate surface area is 298 Å². The third-order valence-electron chi connectivity index (χ3n) is 9.86. The van der Waals surface area contributed by atoms with Crippen molar-refractivity contribution in [1.29, 1.82) is 0 Å². The summed E-state index contributed by atoms with van der Waals surface area (Å²) in [7, 11) is 0. The Morgan fingerprint density at radius 1 is 0.725 bits per heavy atom. The normalized spacial score (nSPS) is 14.7. The van der Waals surface area contributed by atoms with Crippen LogP contribution in [-0.4, -0.2) is 22.6 Å². The minimum Gasteiger partial charge on any atom is -0.507 e. The van der Waals surface area contributed by atoms with Crippen molar-refractivity contribution in [2.75, 3.05) is 0 Å². The molecule has 6 nitrogen and oxygen atoms in total. The summed E-state index contributed by atoms with van der Waals surface area (Å²) in [5.41, 5.74) is 5.53. The second-order valence-electron chi connectivity index (χ2n) is 15.6. The van der Waals surface area contributed by atoms with Crippen LogP contribution >= 0.6 is 0 Å². The molecule has 51 heavy (non-hydrogen) atoms. The molecule has 1 heterocycles. The van der Waals surface area contributed by atoms with Crippen molar-refractivity contribution in [2.45, 2.75) is 71.1 Å². The summed E-state index contributed by atoms with van der Waals surface area (Å²) in [6.07, 6.45) is 0.561. The van der Waals surface area contributed by atoms with Gasteiger partial charge in [0, 0.05) is 29.2 Å². The molecule has 0 amide bonds. The van der Waals surface area contributed by atoms with Gasteiger partial charge in [0.2, 0.25) is 5.75 Å². The number of aromatic nitrogens is 1. The van der Waals surface area contributed by atoms with Crippen LogP contribution in [0.4, 0.5) is 0 Å². The highest BCUT2D eigenvalue weighted by molar-refractivity contribution is 6.33. The molecule has 1 atom stereocenters. The molecular formula is C45H42NO5+. The third kappa shape index (κ3) is 6.20. The Morgan fingerprint density at radius 2 is 1.37 bits per heavy atom. The Bertz CT molecular complexity index is 2340. The van der Waals surface area contributed by atoms with Crippen molar-refractivity contribution < 1.29 is 29.2 Å². The van der Waals surface area contributed by atoms with E-state index in [2.05, 4.69) is 46.5 Å². The van der Waals surface area contributed by atoms with Gasteiger partial charge in [0.1, 0.15) is 5.75 Å². The van der Waals surface area contributed by atoms with Gasteiger partial charge in [-0.05, 0) is 74.5 Å². The van der Waals surface area contributed by atoms with E-state index in [1.165, 1.54) is 0 Å². The lowest BCUT2D eigenvalue weighted by Gasteiger charge is -2.28. The number of para-hydroxylation sites is 1. The van der Waals surface area contributed by atoms with Gasteiger partial charge in [0.05, 0.1) is 5.39 Å². The fourth-order valence-electron chi connectivity index (χ4n) is 7.25. The number of phenolic OH excluding ortho intramolecular Hbond substituents is 1. The highest BCUT2D eigenvalue weighted by Crippen LogP contribution is 2.43. The number of nitrogens with one attached hydrogen (secondary N) is 1. The second-order valence-corrected chi connectivity index (χ2v) is 15.6. The van der Waals surface area contributed by atoms with Crippen LogP contribution < -0.4 is 9.72 Å². The van der Waals surface area contributed by atoms with Crippen molar-refractivity contribution >= 4 is 39.2 Å². The number of esters is 1. The molecule has 7 rings (SSSR count). The number of aromatic hydroxyl groups is 1. The molecule has 5 aromatic carbocycles. The van der Waals surface area contributed by atoms with E-state index in [1.54, 1.807) is 12.1 Å². The van der Waals surface area contributed by atoms with Gasteiger partial charge in [0.15, 0.2) is 23.2 Å². The number of hydrogen-bond acceptors (Lipinski definition) is 5. The molecule has 1 aliphatic rings. The maximum atomic E-state index is 14.3. The quantitative estimate of drug-likeness (QED) is 0.108. The van der Waals surface area contributed by atoms with Gasteiger partial charge >= 0.3 is 5.97 Å². The number of ketones is 2. The van der Waals surface area contributed by atoms with E-state index >= 15 is 0 Å². The highest BCUT2D eigenvalue weighted by atomic mass is 16.5. The minimum atomic E-state index is -1.06. The lowest BCUT2D eigenvalue weighted by molar-refractivity contribution is -0.358. The molecule has 0 fully saturated rings. The fraction of sp³-hybridized carbons (Fsp3) is 0.244. The zero-order valence-corrected chi connectivity index (χ0v) is 29.9. The SMILES string of the molecule is CC(C)(C)c1cc(CCC(=O)Oc2cccc3ccc(C4C(=O)c5cc6ccccc6c(-c6ccccc6)c5C4=O)[nH+]c23)cc(C(C)(C)C)c1O. The molecule has 6 heteroatoms. The molecule has 1 unspecified atom stereocenters. The van der Waals surface area contributed by atoms with E-state index in [0.717, 1.165) is 44.0 Å². The summed E-state index contributed by atoms with van der Waals surface area (Å²) in [5, 5.41) is 13.7. The number of rotatable bonds is 6. The first-order valence-electron chi connectivity index (χ1n) is 17.4. The van der Waals surface area contributed by atoms with E-state index in [4.69, 9.17) is 4.74 Å². The van der Waals surface area contributed by atoms with Crippen LogP contribution in [0.5, 0.6) is 11.5 Å². The Hall–Kier alpha value is -5.62. The molecule has 1 aliphatic carbocycles. The van der Waals surface area contributed by atoms with Gasteiger partial charge in [-0.3, -0.25) is 14.4 Å². The predicted molar refractivity (Wildman–Crippen MR) is 201 cm³/mol. The maximum Gasteiger partial charge on any atom is 0.311 e. The number of hydrogen-bond donors (Lipinski definition) is 1. The van der Waals surface area contributed by atoms with Crippen LogP contribution in [0.15, 0.2) is 103 Å². The Balaban J connectivity index is 1.20. The van der Waals surface area contributed by atoms with E-state index < -0.39 is 11.9 Å². The molecule has 256 valence electrons. The van der Waals surface area contributed by atoms with Crippen molar-refractivity contribution in [1.82, 2.24) is 0 Å². The summed E-state index contributed by atoms with van der Waals surface area (Å²) < 4.78 is 5.94. The summed E-state index contributed by atoms with van der Waals surface area (Å²) in [4.78, 5) is 45.1. The van der Waals surface area contributed by atoms with Gasteiger partial charge in [-0.2, -0.15) is 0 Å². The van der Waals surface area contributed by atoms with Crippen LogP contribution in [0.1, 0.15) is 97.0 Å². The molecule has 0 spiro atoms. The number of phenols is 1. The number of pyridine rings is 1. The number of carbonyl (C=O) groups is 3. The molecular weight excluding hydrogens is 634 g/mol. The maximum absolute atomic E-state index is 14.3. The van der Waals surface area contributed by atoms with Gasteiger partial charge in [-0.1, -0.05) is 114 Å². The van der Waals surface area contributed by atoms with Crippen LogP contribution in [0.3, 0.4) is 0 Å². The average Bonchev–Trinajstić information content (AvgIpc) is 3.34. The first-order chi connectivity index (χ1) is 24.2. The molecule has 0 radical (unpaired) electrons. The predicted octanol–water partition coefficient (Wildman–Crippen LogP) is 9.48. The van der Waals surface area contributed by atoms with Gasteiger partial charge in [-0.15, -0.1) is 0 Å². The smallest absolute Gasteiger partial charge is 0.311 e. The number of Topliss-reactive ketones (excluding diaryl/α,β-unsaturated/α-hetero) is 2. The molecule has 0 bridgehead atoms. The zero-order valence-electron chi connectivity index (χ0n) is 29.9. The topological polar surface area (TPSA) is 94.8 Å². The van der Waals surface area contributed by atoms with Crippen molar-refractivity contribution in [3.8, 4) is 22.6 Å². The average molecular weight is 677 g/mol. The first-order valence-corrected chi connectivity index (χ1v) is 17.4. The number of carbonyl (C=O) groups excluding carboxylic acids is 3.